The third-order valence-electron chi connectivity index (χ3n) is 3.56. The summed E-state index contributed by atoms with van der Waals surface area (Å²) in [6.07, 6.45) is 0.880. The lowest BCUT2D eigenvalue weighted by Crippen LogP contribution is -2.38. The number of amides is 1. The summed E-state index contributed by atoms with van der Waals surface area (Å²) in [6.45, 7) is 0.715. The van der Waals surface area contributed by atoms with Gasteiger partial charge in [0.15, 0.2) is 0 Å². The van der Waals surface area contributed by atoms with Gasteiger partial charge in [0.05, 0.1) is 5.69 Å². The fraction of sp³-hybridized carbons (Fsp3) is 0.188. The standard InChI is InChI=1S/C16H14ClFN2O/c17-11-5-6-13(18)14(9-11)20-16(21)15-12-4-2-1-3-10(12)7-8-19-15/h1-6,9,15,19H,7-8H2,(H,20,21). The number of halogens is 2. The molecule has 1 atom stereocenters. The van der Waals surface area contributed by atoms with Crippen LogP contribution in [0.25, 0.3) is 0 Å². The molecule has 0 aromatic heterocycles. The first-order valence-corrected chi connectivity index (χ1v) is 7.10. The molecule has 5 heteroatoms. The highest BCUT2D eigenvalue weighted by Gasteiger charge is 2.26. The van der Waals surface area contributed by atoms with E-state index in [1.165, 1.54) is 18.2 Å². The number of anilines is 1. The fourth-order valence-electron chi connectivity index (χ4n) is 2.54. The molecular formula is C16H14ClFN2O. The van der Waals surface area contributed by atoms with Crippen LogP contribution in [-0.4, -0.2) is 12.5 Å². The van der Waals surface area contributed by atoms with E-state index in [0.717, 1.165) is 17.5 Å². The Morgan fingerprint density at radius 2 is 2.10 bits per heavy atom. The molecule has 0 saturated carbocycles. The van der Waals surface area contributed by atoms with Crippen LogP contribution in [0.15, 0.2) is 42.5 Å². The topological polar surface area (TPSA) is 41.1 Å². The Kier molecular flexibility index (Phi) is 3.90. The Bertz CT molecular complexity index is 690. The smallest absolute Gasteiger partial charge is 0.246 e. The first kappa shape index (κ1) is 14.0. The number of nitrogens with one attached hydrogen (secondary N) is 2. The lowest BCUT2D eigenvalue weighted by Gasteiger charge is -2.26. The SMILES string of the molecule is O=C(Nc1cc(Cl)ccc1F)C1NCCc2ccccc21. The molecule has 21 heavy (non-hydrogen) atoms. The fourth-order valence-corrected chi connectivity index (χ4v) is 2.71. The molecule has 0 spiro atoms. The molecule has 3 nitrogen and oxygen atoms in total. The molecule has 1 heterocycles. The monoisotopic (exact) mass is 304 g/mol. The zero-order valence-electron chi connectivity index (χ0n) is 11.2. The molecule has 2 aromatic carbocycles. The lowest BCUT2D eigenvalue weighted by atomic mass is 9.94. The maximum Gasteiger partial charge on any atom is 0.246 e. The van der Waals surface area contributed by atoms with Gasteiger partial charge in [0, 0.05) is 11.6 Å². The molecule has 1 aliphatic rings. The number of hydrogen-bond donors (Lipinski definition) is 2. The van der Waals surface area contributed by atoms with Crippen LogP contribution in [0.5, 0.6) is 0 Å². The van der Waals surface area contributed by atoms with Crippen LogP contribution in [-0.2, 0) is 11.2 Å². The van der Waals surface area contributed by atoms with Crippen molar-refractivity contribution in [2.75, 3.05) is 11.9 Å². The summed E-state index contributed by atoms with van der Waals surface area (Å²) in [4.78, 5) is 12.4. The third-order valence-corrected chi connectivity index (χ3v) is 3.79. The Morgan fingerprint density at radius 3 is 2.95 bits per heavy atom. The molecular weight excluding hydrogens is 291 g/mol. The summed E-state index contributed by atoms with van der Waals surface area (Å²) in [6, 6.07) is 11.4. The second kappa shape index (κ2) is 5.84. The van der Waals surface area contributed by atoms with Gasteiger partial charge in [-0.15, -0.1) is 0 Å². The summed E-state index contributed by atoms with van der Waals surface area (Å²) in [7, 11) is 0. The van der Waals surface area contributed by atoms with Gasteiger partial charge < -0.3 is 10.6 Å². The van der Waals surface area contributed by atoms with E-state index in [-0.39, 0.29) is 11.6 Å². The van der Waals surface area contributed by atoms with Gasteiger partial charge in [0.25, 0.3) is 0 Å². The number of hydrogen-bond acceptors (Lipinski definition) is 2. The van der Waals surface area contributed by atoms with E-state index in [9.17, 15) is 9.18 Å². The Balaban J connectivity index is 1.85. The third kappa shape index (κ3) is 2.91. The van der Waals surface area contributed by atoms with E-state index < -0.39 is 11.9 Å². The van der Waals surface area contributed by atoms with Gasteiger partial charge in [0.1, 0.15) is 11.9 Å². The molecule has 108 valence electrons. The van der Waals surface area contributed by atoms with Crippen molar-refractivity contribution in [3.63, 3.8) is 0 Å². The van der Waals surface area contributed by atoms with Crippen molar-refractivity contribution in [1.82, 2.24) is 5.32 Å². The number of rotatable bonds is 2. The number of fused-ring (bicyclic) bond motifs is 1. The number of carbonyl (C=O) groups is 1. The highest BCUT2D eigenvalue weighted by atomic mass is 35.5. The molecule has 2 N–H and O–H groups in total. The van der Waals surface area contributed by atoms with Crippen molar-refractivity contribution in [2.24, 2.45) is 0 Å². The predicted octanol–water partition coefficient (Wildman–Crippen LogP) is 3.30. The average Bonchev–Trinajstić information content (AvgIpc) is 2.50. The summed E-state index contributed by atoms with van der Waals surface area (Å²) < 4.78 is 13.7. The number of carbonyl (C=O) groups excluding carboxylic acids is 1. The minimum absolute atomic E-state index is 0.0948. The molecule has 1 amide bonds. The van der Waals surface area contributed by atoms with Crippen LogP contribution < -0.4 is 10.6 Å². The predicted molar refractivity (Wildman–Crippen MR) is 80.9 cm³/mol. The van der Waals surface area contributed by atoms with Crippen LogP contribution in [0.3, 0.4) is 0 Å². The molecule has 2 aromatic rings. The van der Waals surface area contributed by atoms with Gasteiger partial charge in [-0.1, -0.05) is 35.9 Å². The van der Waals surface area contributed by atoms with Crippen LogP contribution in [0.2, 0.25) is 5.02 Å². The first-order valence-electron chi connectivity index (χ1n) is 6.72. The molecule has 0 saturated heterocycles. The van der Waals surface area contributed by atoms with E-state index in [2.05, 4.69) is 10.6 Å². The van der Waals surface area contributed by atoms with Crippen molar-refractivity contribution < 1.29 is 9.18 Å². The summed E-state index contributed by atoms with van der Waals surface area (Å²) in [5, 5.41) is 6.14. The van der Waals surface area contributed by atoms with Crippen molar-refractivity contribution in [1.29, 1.82) is 0 Å². The van der Waals surface area contributed by atoms with E-state index in [1.54, 1.807) is 0 Å². The largest absolute Gasteiger partial charge is 0.322 e. The molecule has 1 aliphatic heterocycles. The highest BCUT2D eigenvalue weighted by Crippen LogP contribution is 2.25. The molecule has 0 radical (unpaired) electrons. The lowest BCUT2D eigenvalue weighted by molar-refractivity contribution is -0.118. The maximum absolute atomic E-state index is 13.7. The molecule has 1 unspecified atom stereocenters. The highest BCUT2D eigenvalue weighted by molar-refractivity contribution is 6.30. The van der Waals surface area contributed by atoms with Crippen molar-refractivity contribution >= 4 is 23.2 Å². The molecule has 3 rings (SSSR count). The van der Waals surface area contributed by atoms with Crippen LogP contribution in [0.4, 0.5) is 10.1 Å². The minimum atomic E-state index is -0.503. The van der Waals surface area contributed by atoms with Crippen LogP contribution in [0.1, 0.15) is 17.2 Å². The first-order chi connectivity index (χ1) is 10.1. The molecule has 0 aliphatic carbocycles. The van der Waals surface area contributed by atoms with Gasteiger partial charge >= 0.3 is 0 Å². The van der Waals surface area contributed by atoms with Gasteiger partial charge in [0.2, 0.25) is 5.91 Å². The van der Waals surface area contributed by atoms with Crippen LogP contribution >= 0.6 is 11.6 Å². The van der Waals surface area contributed by atoms with Crippen molar-refractivity contribution in [3.05, 3.63) is 64.4 Å². The average molecular weight is 305 g/mol. The Morgan fingerprint density at radius 1 is 1.29 bits per heavy atom. The summed E-state index contributed by atoms with van der Waals surface area (Å²) >= 11 is 5.83. The maximum atomic E-state index is 13.7. The van der Waals surface area contributed by atoms with Gasteiger partial charge in [-0.05, 0) is 35.7 Å². The second-order valence-electron chi connectivity index (χ2n) is 4.95. The molecule has 0 bridgehead atoms. The van der Waals surface area contributed by atoms with E-state index in [0.29, 0.717) is 11.6 Å². The van der Waals surface area contributed by atoms with E-state index in [1.807, 2.05) is 24.3 Å². The van der Waals surface area contributed by atoms with Gasteiger partial charge in [-0.2, -0.15) is 0 Å². The van der Waals surface area contributed by atoms with E-state index >= 15 is 0 Å². The van der Waals surface area contributed by atoms with Crippen molar-refractivity contribution in [3.8, 4) is 0 Å². The molecule has 0 fully saturated rings. The normalized spacial score (nSPS) is 17.1. The van der Waals surface area contributed by atoms with Crippen molar-refractivity contribution in [2.45, 2.75) is 12.5 Å². The van der Waals surface area contributed by atoms with Crippen LogP contribution in [0, 0.1) is 5.82 Å². The Labute approximate surface area is 127 Å². The second-order valence-corrected chi connectivity index (χ2v) is 5.39. The number of benzene rings is 2. The zero-order chi connectivity index (χ0) is 14.8. The van der Waals surface area contributed by atoms with Gasteiger partial charge in [-0.3, -0.25) is 4.79 Å². The summed E-state index contributed by atoms with van der Waals surface area (Å²) in [5.41, 5.74) is 2.17. The zero-order valence-corrected chi connectivity index (χ0v) is 12.0. The quantitative estimate of drug-likeness (QED) is 0.894. The Hall–Kier alpha value is -1.91. The summed E-state index contributed by atoms with van der Waals surface area (Å²) in [5.74, 6) is -0.792. The van der Waals surface area contributed by atoms with E-state index in [4.69, 9.17) is 11.6 Å². The minimum Gasteiger partial charge on any atom is -0.322 e. The van der Waals surface area contributed by atoms with Gasteiger partial charge in [-0.25, -0.2) is 4.39 Å².